The fourth-order valence-corrected chi connectivity index (χ4v) is 1.30. The predicted molar refractivity (Wildman–Crippen MR) is 55.1 cm³/mol. The van der Waals surface area contributed by atoms with Crippen molar-refractivity contribution in [3.05, 3.63) is 39.4 Å². The molecule has 0 spiro atoms. The van der Waals surface area contributed by atoms with Gasteiger partial charge in [-0.1, -0.05) is 12.0 Å². The zero-order valence-corrected chi connectivity index (χ0v) is 8.15. The minimum atomic E-state index is -0.411. The first-order valence-electron chi connectivity index (χ1n) is 4.27. The number of hydrogen-bond acceptors (Lipinski definition) is 2. The summed E-state index contributed by atoms with van der Waals surface area (Å²) in [5, 5.41) is 10.5. The van der Waals surface area contributed by atoms with Crippen molar-refractivity contribution in [2.45, 2.75) is 19.8 Å². The molecule has 1 unspecified atom stereocenters. The summed E-state index contributed by atoms with van der Waals surface area (Å²) >= 11 is 0. The molecular formula is C11H11NO2. The average Bonchev–Trinajstić information content (AvgIpc) is 2.17. The van der Waals surface area contributed by atoms with Gasteiger partial charge >= 0.3 is 0 Å². The lowest BCUT2D eigenvalue weighted by molar-refractivity contribution is -0.384. The molecule has 72 valence electrons. The van der Waals surface area contributed by atoms with Crippen molar-refractivity contribution in [1.82, 2.24) is 0 Å². The van der Waals surface area contributed by atoms with Gasteiger partial charge in [0.1, 0.15) is 0 Å². The molecule has 1 rings (SSSR count). The van der Waals surface area contributed by atoms with Gasteiger partial charge in [-0.25, -0.2) is 0 Å². The van der Waals surface area contributed by atoms with Gasteiger partial charge in [0, 0.05) is 18.1 Å². The maximum absolute atomic E-state index is 10.5. The minimum absolute atomic E-state index is 0.0881. The van der Waals surface area contributed by atoms with Crippen LogP contribution >= 0.6 is 0 Å². The van der Waals surface area contributed by atoms with E-state index < -0.39 is 4.92 Å². The molecule has 3 nitrogen and oxygen atoms in total. The Hall–Kier alpha value is -1.82. The summed E-state index contributed by atoms with van der Waals surface area (Å²) in [6.45, 7) is 3.75. The van der Waals surface area contributed by atoms with Gasteiger partial charge < -0.3 is 0 Å². The van der Waals surface area contributed by atoms with Crippen LogP contribution in [0, 0.1) is 29.4 Å². The van der Waals surface area contributed by atoms with Crippen molar-refractivity contribution in [2.75, 3.05) is 0 Å². The van der Waals surface area contributed by atoms with Crippen LogP contribution in [0.5, 0.6) is 0 Å². The molecule has 1 atom stereocenters. The third-order valence-electron chi connectivity index (χ3n) is 2.19. The Balaban J connectivity index is 3.23. The van der Waals surface area contributed by atoms with Crippen LogP contribution in [0.2, 0.25) is 0 Å². The molecular weight excluding hydrogens is 178 g/mol. The molecule has 3 heteroatoms. The van der Waals surface area contributed by atoms with Crippen LogP contribution in [0.3, 0.4) is 0 Å². The van der Waals surface area contributed by atoms with Crippen LogP contribution in [0.1, 0.15) is 24.0 Å². The SMILES string of the molecule is C#CC(C)c1cc([N+](=O)[O-])ccc1C. The molecule has 0 N–H and O–H groups in total. The maximum atomic E-state index is 10.5. The van der Waals surface area contributed by atoms with E-state index >= 15 is 0 Å². The zero-order valence-electron chi connectivity index (χ0n) is 8.15. The molecule has 0 aromatic heterocycles. The third kappa shape index (κ3) is 1.91. The van der Waals surface area contributed by atoms with Crippen molar-refractivity contribution < 1.29 is 4.92 Å². The normalized spacial score (nSPS) is 11.8. The van der Waals surface area contributed by atoms with E-state index in [1.165, 1.54) is 6.07 Å². The number of aryl methyl sites for hydroxylation is 1. The van der Waals surface area contributed by atoms with E-state index in [4.69, 9.17) is 6.42 Å². The van der Waals surface area contributed by atoms with Gasteiger partial charge in [0.2, 0.25) is 0 Å². The maximum Gasteiger partial charge on any atom is 0.269 e. The van der Waals surface area contributed by atoms with E-state index in [0.717, 1.165) is 11.1 Å². The van der Waals surface area contributed by atoms with Gasteiger partial charge in [-0.2, -0.15) is 0 Å². The highest BCUT2D eigenvalue weighted by molar-refractivity contribution is 5.43. The molecule has 0 aliphatic rings. The molecule has 1 aromatic carbocycles. The minimum Gasteiger partial charge on any atom is -0.258 e. The van der Waals surface area contributed by atoms with Crippen LogP contribution in [0.25, 0.3) is 0 Å². The topological polar surface area (TPSA) is 43.1 Å². The van der Waals surface area contributed by atoms with Crippen LogP contribution in [-0.2, 0) is 0 Å². The monoisotopic (exact) mass is 189 g/mol. The second-order valence-electron chi connectivity index (χ2n) is 3.19. The van der Waals surface area contributed by atoms with Gasteiger partial charge in [0.05, 0.1) is 4.92 Å². The molecule has 0 fully saturated rings. The first kappa shape index (κ1) is 10.3. The summed E-state index contributed by atoms with van der Waals surface area (Å²) < 4.78 is 0. The largest absolute Gasteiger partial charge is 0.269 e. The molecule has 0 aliphatic carbocycles. The molecule has 0 saturated carbocycles. The summed E-state index contributed by atoms with van der Waals surface area (Å²) in [6, 6.07) is 4.75. The van der Waals surface area contributed by atoms with Gasteiger partial charge in [0.15, 0.2) is 0 Å². The highest BCUT2D eigenvalue weighted by atomic mass is 16.6. The van der Waals surface area contributed by atoms with E-state index in [1.54, 1.807) is 12.1 Å². The van der Waals surface area contributed by atoms with E-state index in [0.29, 0.717) is 0 Å². The molecule has 0 aliphatic heterocycles. The summed E-state index contributed by atoms with van der Waals surface area (Å²) in [6.07, 6.45) is 5.28. The molecule has 0 saturated heterocycles. The number of nitro groups is 1. The Bertz CT molecular complexity index is 404. The van der Waals surface area contributed by atoms with Crippen molar-refractivity contribution in [3.8, 4) is 12.3 Å². The van der Waals surface area contributed by atoms with Crippen molar-refractivity contribution in [3.63, 3.8) is 0 Å². The molecule has 0 amide bonds. The molecule has 0 bridgehead atoms. The fraction of sp³-hybridized carbons (Fsp3) is 0.273. The van der Waals surface area contributed by atoms with Gasteiger partial charge in [0.25, 0.3) is 5.69 Å². The molecule has 14 heavy (non-hydrogen) atoms. The number of terminal acetylenes is 1. The summed E-state index contributed by atoms with van der Waals surface area (Å²) in [4.78, 5) is 10.1. The molecule has 0 heterocycles. The van der Waals surface area contributed by atoms with E-state index in [-0.39, 0.29) is 11.6 Å². The first-order valence-corrected chi connectivity index (χ1v) is 4.27. The second-order valence-corrected chi connectivity index (χ2v) is 3.19. The summed E-state index contributed by atoms with van der Waals surface area (Å²) in [7, 11) is 0. The standard InChI is InChI=1S/C11H11NO2/c1-4-8(2)11-7-10(12(13)14)6-5-9(11)3/h1,5-8H,2-3H3. The Labute approximate surface area is 82.9 Å². The smallest absolute Gasteiger partial charge is 0.258 e. The van der Waals surface area contributed by atoms with Crippen LogP contribution in [-0.4, -0.2) is 4.92 Å². The van der Waals surface area contributed by atoms with Crippen molar-refractivity contribution >= 4 is 5.69 Å². The Morgan fingerprint density at radius 1 is 1.57 bits per heavy atom. The highest BCUT2D eigenvalue weighted by Gasteiger charge is 2.11. The number of benzene rings is 1. The van der Waals surface area contributed by atoms with Gasteiger partial charge in [-0.15, -0.1) is 6.42 Å². The lowest BCUT2D eigenvalue weighted by Crippen LogP contribution is -1.96. The number of non-ortho nitro benzene ring substituents is 1. The summed E-state index contributed by atoms with van der Waals surface area (Å²) in [5.74, 6) is 2.48. The van der Waals surface area contributed by atoms with E-state index in [1.807, 2.05) is 13.8 Å². The number of rotatable bonds is 2. The third-order valence-corrected chi connectivity index (χ3v) is 2.19. The van der Waals surface area contributed by atoms with Crippen molar-refractivity contribution in [2.24, 2.45) is 0 Å². The quantitative estimate of drug-likeness (QED) is 0.407. The summed E-state index contributed by atoms with van der Waals surface area (Å²) in [5.41, 5.74) is 1.93. The number of nitro benzene ring substituents is 1. The first-order chi connectivity index (χ1) is 6.56. The second kappa shape index (κ2) is 3.93. The average molecular weight is 189 g/mol. The molecule has 0 radical (unpaired) electrons. The van der Waals surface area contributed by atoms with Crippen LogP contribution in [0.4, 0.5) is 5.69 Å². The van der Waals surface area contributed by atoms with Gasteiger partial charge in [-0.3, -0.25) is 10.1 Å². The lowest BCUT2D eigenvalue weighted by Gasteiger charge is -2.07. The van der Waals surface area contributed by atoms with Crippen LogP contribution < -0.4 is 0 Å². The van der Waals surface area contributed by atoms with E-state index in [2.05, 4.69) is 5.92 Å². The zero-order chi connectivity index (χ0) is 10.7. The number of hydrogen-bond donors (Lipinski definition) is 0. The van der Waals surface area contributed by atoms with E-state index in [9.17, 15) is 10.1 Å². The number of nitrogens with zero attached hydrogens (tertiary/aromatic N) is 1. The Morgan fingerprint density at radius 3 is 2.71 bits per heavy atom. The van der Waals surface area contributed by atoms with Gasteiger partial charge in [-0.05, 0) is 25.0 Å². The van der Waals surface area contributed by atoms with Crippen LogP contribution in [0.15, 0.2) is 18.2 Å². The fourth-order valence-electron chi connectivity index (χ4n) is 1.30. The Kier molecular flexibility index (Phi) is 2.88. The molecule has 1 aromatic rings. The predicted octanol–water partition coefficient (Wildman–Crippen LogP) is 2.64. The van der Waals surface area contributed by atoms with Crippen molar-refractivity contribution in [1.29, 1.82) is 0 Å². The lowest BCUT2D eigenvalue weighted by atomic mass is 9.97. The highest BCUT2D eigenvalue weighted by Crippen LogP contribution is 2.23. The Morgan fingerprint density at radius 2 is 2.21 bits per heavy atom.